The average Bonchev–Trinajstić information content (AvgIpc) is 2.90. The van der Waals surface area contributed by atoms with E-state index in [0.717, 1.165) is 13.0 Å². The first kappa shape index (κ1) is 13.9. The van der Waals surface area contributed by atoms with Crippen LogP contribution in [0.4, 0.5) is 6.01 Å². The molecular formula is C15H19N4O2. The molecule has 0 spiro atoms. The molecular weight excluding hydrogens is 268 g/mol. The minimum Gasteiger partial charge on any atom is -0.423 e. The van der Waals surface area contributed by atoms with Gasteiger partial charge in [0, 0.05) is 7.05 Å². The molecule has 1 fully saturated rings. The highest BCUT2D eigenvalue weighted by Gasteiger charge is 2.26. The van der Waals surface area contributed by atoms with Gasteiger partial charge in [-0.3, -0.25) is 9.69 Å². The molecule has 1 aromatic carbocycles. The minimum atomic E-state index is -0.544. The van der Waals surface area contributed by atoms with Gasteiger partial charge in [0.1, 0.15) is 5.52 Å². The van der Waals surface area contributed by atoms with Gasteiger partial charge in [0.2, 0.25) is 0 Å². The maximum atomic E-state index is 11.4. The number of amides is 1. The number of hydrogen-bond donors (Lipinski definition) is 1. The Morgan fingerprint density at radius 1 is 1.57 bits per heavy atom. The fourth-order valence-electron chi connectivity index (χ4n) is 2.89. The van der Waals surface area contributed by atoms with Gasteiger partial charge in [0.05, 0.1) is 11.7 Å². The van der Waals surface area contributed by atoms with Gasteiger partial charge in [-0.2, -0.15) is 4.98 Å². The molecule has 6 nitrogen and oxygen atoms in total. The Labute approximate surface area is 123 Å². The molecule has 1 radical (unpaired) electrons. The second-order valence-corrected chi connectivity index (χ2v) is 5.49. The maximum Gasteiger partial charge on any atom is 0.299 e. The van der Waals surface area contributed by atoms with Crippen molar-refractivity contribution in [1.82, 2.24) is 9.88 Å². The monoisotopic (exact) mass is 287 g/mol. The Balaban J connectivity index is 1.97. The number of carbonyl (C=O) groups is 1. The van der Waals surface area contributed by atoms with Crippen LogP contribution in [-0.4, -0.2) is 42.6 Å². The molecule has 6 heteroatoms. The van der Waals surface area contributed by atoms with E-state index in [-0.39, 0.29) is 11.7 Å². The molecule has 1 aliphatic heterocycles. The molecule has 0 saturated carbocycles. The summed E-state index contributed by atoms with van der Waals surface area (Å²) < 4.78 is 5.78. The van der Waals surface area contributed by atoms with Crippen LogP contribution in [0.25, 0.3) is 11.1 Å². The van der Waals surface area contributed by atoms with Crippen LogP contribution in [0.3, 0.4) is 0 Å². The predicted octanol–water partition coefficient (Wildman–Crippen LogP) is 1.60. The van der Waals surface area contributed by atoms with Crippen LogP contribution in [0.5, 0.6) is 0 Å². The van der Waals surface area contributed by atoms with E-state index in [0.29, 0.717) is 17.1 Å². The highest BCUT2D eigenvalue weighted by molar-refractivity contribution is 6.03. The summed E-state index contributed by atoms with van der Waals surface area (Å²) in [5.74, 6) is -0.544. The molecule has 2 heterocycles. The summed E-state index contributed by atoms with van der Waals surface area (Å²) in [6.07, 6.45) is 3.74. The number of benzene rings is 1. The summed E-state index contributed by atoms with van der Waals surface area (Å²) in [7, 11) is 4.07. The number of nitrogens with two attached hydrogens (primary N) is 1. The summed E-state index contributed by atoms with van der Waals surface area (Å²) in [6.45, 7) is 1.07. The van der Waals surface area contributed by atoms with E-state index in [9.17, 15) is 4.79 Å². The van der Waals surface area contributed by atoms with Crippen LogP contribution in [-0.2, 0) is 0 Å². The van der Waals surface area contributed by atoms with Crippen molar-refractivity contribution in [2.45, 2.75) is 25.4 Å². The predicted molar refractivity (Wildman–Crippen MR) is 80.0 cm³/mol. The summed E-state index contributed by atoms with van der Waals surface area (Å²) in [5, 5.41) is 0. The number of carbonyl (C=O) groups excluding carboxylic acids is 1. The lowest BCUT2D eigenvalue weighted by molar-refractivity contribution is 0.100. The third kappa shape index (κ3) is 2.47. The first-order valence-corrected chi connectivity index (χ1v) is 7.12. The minimum absolute atomic E-state index is 0.257. The topological polar surface area (TPSA) is 75.6 Å². The molecule has 21 heavy (non-hydrogen) atoms. The van der Waals surface area contributed by atoms with Crippen LogP contribution in [0.2, 0.25) is 0 Å². The Morgan fingerprint density at radius 2 is 2.38 bits per heavy atom. The number of anilines is 1. The number of likely N-dealkylation sites (tertiary alicyclic amines) is 1. The molecule has 0 aliphatic carbocycles. The van der Waals surface area contributed by atoms with Gasteiger partial charge in [-0.05, 0) is 51.1 Å². The molecule has 0 bridgehead atoms. The van der Waals surface area contributed by atoms with E-state index >= 15 is 0 Å². The van der Waals surface area contributed by atoms with Crippen molar-refractivity contribution in [3.8, 4) is 0 Å². The van der Waals surface area contributed by atoms with E-state index in [1.54, 1.807) is 12.1 Å². The Hall–Kier alpha value is -2.08. The summed E-state index contributed by atoms with van der Waals surface area (Å²) in [4.78, 5) is 20.2. The van der Waals surface area contributed by atoms with Gasteiger partial charge in [-0.15, -0.1) is 0 Å². The lowest BCUT2D eigenvalue weighted by Gasteiger charge is -2.37. The van der Waals surface area contributed by atoms with E-state index in [1.165, 1.54) is 12.8 Å². The molecule has 1 saturated heterocycles. The van der Waals surface area contributed by atoms with Gasteiger partial charge < -0.3 is 15.1 Å². The number of nitrogens with zero attached hydrogens (tertiary/aromatic N) is 3. The van der Waals surface area contributed by atoms with Crippen molar-refractivity contribution in [1.29, 1.82) is 0 Å². The van der Waals surface area contributed by atoms with Crippen LogP contribution in [0, 0.1) is 6.07 Å². The second-order valence-electron chi connectivity index (χ2n) is 5.49. The standard InChI is InChI=1S/C15H19N4O2/c1-18-9-4-3-8-12(18)19(2)15-17-13-10(14(16)20)6-5-7-11(13)21-15/h5,7,12H,3-4,8-9H2,1-2H3,(H2,16,20). The van der Waals surface area contributed by atoms with Crippen LogP contribution >= 0.6 is 0 Å². The van der Waals surface area contributed by atoms with Gasteiger partial charge in [0.25, 0.3) is 11.9 Å². The van der Waals surface area contributed by atoms with Crippen molar-refractivity contribution in [2.75, 3.05) is 25.5 Å². The summed E-state index contributed by atoms with van der Waals surface area (Å²) in [6, 6.07) is 6.71. The number of oxazole rings is 1. The van der Waals surface area contributed by atoms with Crippen molar-refractivity contribution in [3.05, 3.63) is 23.8 Å². The first-order chi connectivity index (χ1) is 10.1. The van der Waals surface area contributed by atoms with Crippen molar-refractivity contribution in [2.24, 2.45) is 5.73 Å². The van der Waals surface area contributed by atoms with Gasteiger partial charge >= 0.3 is 0 Å². The van der Waals surface area contributed by atoms with Crippen molar-refractivity contribution >= 4 is 23.0 Å². The molecule has 1 atom stereocenters. The molecule has 2 N–H and O–H groups in total. The SMILES string of the molecule is CN1CCCCC1N(C)c1nc2c(C(N)=O)[c]ccc2o1. The Kier molecular flexibility index (Phi) is 3.55. The van der Waals surface area contributed by atoms with E-state index < -0.39 is 5.91 Å². The van der Waals surface area contributed by atoms with E-state index in [2.05, 4.69) is 23.0 Å². The van der Waals surface area contributed by atoms with Crippen LogP contribution in [0.1, 0.15) is 29.6 Å². The fraction of sp³-hybridized carbons (Fsp3) is 0.467. The highest BCUT2D eigenvalue weighted by atomic mass is 16.4. The van der Waals surface area contributed by atoms with Crippen molar-refractivity contribution < 1.29 is 9.21 Å². The second kappa shape index (κ2) is 5.37. The summed E-state index contributed by atoms with van der Waals surface area (Å²) >= 11 is 0. The molecule has 1 aromatic heterocycles. The molecule has 3 rings (SSSR count). The fourth-order valence-corrected chi connectivity index (χ4v) is 2.89. The largest absolute Gasteiger partial charge is 0.423 e. The number of aromatic nitrogens is 1. The zero-order valence-electron chi connectivity index (χ0n) is 12.3. The van der Waals surface area contributed by atoms with Gasteiger partial charge in [-0.1, -0.05) is 0 Å². The number of rotatable bonds is 3. The van der Waals surface area contributed by atoms with Gasteiger partial charge in [0.15, 0.2) is 5.58 Å². The van der Waals surface area contributed by atoms with E-state index in [1.807, 2.05) is 11.9 Å². The third-order valence-corrected chi connectivity index (χ3v) is 4.07. The summed E-state index contributed by atoms with van der Waals surface area (Å²) in [5.41, 5.74) is 6.66. The number of fused-ring (bicyclic) bond motifs is 1. The normalized spacial score (nSPS) is 19.8. The third-order valence-electron chi connectivity index (χ3n) is 4.07. The Bertz CT molecular complexity index is 667. The average molecular weight is 287 g/mol. The zero-order valence-corrected chi connectivity index (χ0v) is 12.3. The maximum absolute atomic E-state index is 11.4. The zero-order chi connectivity index (χ0) is 15.0. The lowest BCUT2D eigenvalue weighted by Crippen LogP contribution is -2.47. The molecule has 1 unspecified atom stereocenters. The van der Waals surface area contributed by atoms with Crippen LogP contribution in [0.15, 0.2) is 16.5 Å². The van der Waals surface area contributed by atoms with E-state index in [4.69, 9.17) is 10.2 Å². The quantitative estimate of drug-likeness (QED) is 0.928. The molecule has 1 amide bonds. The molecule has 2 aromatic rings. The van der Waals surface area contributed by atoms with Crippen LogP contribution < -0.4 is 10.6 Å². The number of piperidine rings is 1. The number of hydrogen-bond acceptors (Lipinski definition) is 5. The first-order valence-electron chi connectivity index (χ1n) is 7.12. The van der Waals surface area contributed by atoms with Gasteiger partial charge in [-0.25, -0.2) is 0 Å². The molecule has 1 aliphatic rings. The van der Waals surface area contributed by atoms with Crippen molar-refractivity contribution in [3.63, 3.8) is 0 Å². The lowest BCUT2D eigenvalue weighted by atomic mass is 10.1. The number of primary amides is 1. The smallest absolute Gasteiger partial charge is 0.299 e. The highest BCUT2D eigenvalue weighted by Crippen LogP contribution is 2.27. The molecule has 111 valence electrons. The Morgan fingerprint density at radius 3 is 3.10 bits per heavy atom.